The third kappa shape index (κ3) is 4.72. The zero-order valence-electron chi connectivity index (χ0n) is 2.94. The average Bonchev–Trinajstić information content (AvgIpc) is 1.41. The second kappa shape index (κ2) is 4.72. The second-order valence-electron chi connectivity index (χ2n) is 0.678. The summed E-state index contributed by atoms with van der Waals surface area (Å²) in [6.07, 6.45) is 0. The monoisotopic (exact) mass is 181 g/mol. The summed E-state index contributed by atoms with van der Waals surface area (Å²) in [6.45, 7) is 1.02. The molecule has 3 heteroatoms. The zero-order valence-corrected chi connectivity index (χ0v) is 6.23. The number of hydrogen-bond donors (Lipinski definition) is 2. The summed E-state index contributed by atoms with van der Waals surface area (Å²) in [5.41, 5.74) is 0. The molecule has 0 fully saturated rings. The van der Waals surface area contributed by atoms with E-state index in [1.807, 2.05) is 0 Å². The Balaban J connectivity index is 2.19. The van der Waals surface area contributed by atoms with E-state index in [4.69, 9.17) is 5.11 Å². The molecule has 5 heavy (non-hydrogen) atoms. The Kier molecular flexibility index (Phi) is 5.40. The fourth-order valence-corrected chi connectivity index (χ4v) is 0.433. The molecule has 0 saturated carbocycles. The molecule has 0 amide bonds. The van der Waals surface area contributed by atoms with Gasteiger partial charge >= 0.3 is 44.6 Å². The Hall–Kier alpha value is 0.719. The molecule has 2 nitrogen and oxygen atoms in total. The van der Waals surface area contributed by atoms with Crippen LogP contribution < -0.4 is 3.54 Å². The van der Waals surface area contributed by atoms with Gasteiger partial charge in [-0.1, -0.05) is 0 Å². The van der Waals surface area contributed by atoms with Gasteiger partial charge in [-0.05, 0) is 0 Å². The molecular formula is C2H7NOSn. The quantitative estimate of drug-likeness (QED) is 0.500. The Bertz CT molecular complexity index is 17.1. The van der Waals surface area contributed by atoms with Crippen molar-refractivity contribution in [3.63, 3.8) is 0 Å². The Morgan fingerprint density at radius 2 is 2.40 bits per heavy atom. The number of nitrogens with one attached hydrogen (secondary N) is 1. The standard InChI is InChI=1S/C2H6NO.Sn.H/c3-1-2-4;;/h3-4H,1-2H2;;/q-1;+1;. The fourth-order valence-electron chi connectivity index (χ4n) is 0.0645. The van der Waals surface area contributed by atoms with Crippen molar-refractivity contribution in [1.29, 1.82) is 0 Å². The van der Waals surface area contributed by atoms with Crippen LogP contribution in [0.3, 0.4) is 0 Å². The van der Waals surface area contributed by atoms with Gasteiger partial charge in [0.15, 0.2) is 0 Å². The van der Waals surface area contributed by atoms with E-state index in [0.29, 0.717) is 0 Å². The normalized spacial score (nSPS) is 8.40. The number of hydrogen-bond acceptors (Lipinski definition) is 2. The Labute approximate surface area is 45.0 Å². The van der Waals surface area contributed by atoms with Crippen LogP contribution in [0.25, 0.3) is 0 Å². The van der Waals surface area contributed by atoms with E-state index in [0.717, 1.165) is 29.3 Å². The van der Waals surface area contributed by atoms with Gasteiger partial charge in [0.05, 0.1) is 0 Å². The summed E-state index contributed by atoms with van der Waals surface area (Å²) >= 11 is 1.04. The Morgan fingerprint density at radius 1 is 1.80 bits per heavy atom. The first-order valence-corrected chi connectivity index (χ1v) is 3.11. The van der Waals surface area contributed by atoms with Gasteiger partial charge < -0.3 is 0 Å². The SMILES string of the molecule is OCC[NH][SnH]. The third-order valence-electron chi connectivity index (χ3n) is 0.256. The zero-order chi connectivity index (χ0) is 4.12. The molecule has 0 aliphatic heterocycles. The molecule has 0 aliphatic rings. The van der Waals surface area contributed by atoms with E-state index in [-0.39, 0.29) is 6.61 Å². The average molecular weight is 180 g/mol. The number of rotatable bonds is 2. The number of aliphatic hydroxyl groups excluding tert-OH is 1. The molecule has 0 aliphatic carbocycles. The van der Waals surface area contributed by atoms with Crippen molar-refractivity contribution < 1.29 is 5.11 Å². The first-order valence-electron chi connectivity index (χ1n) is 1.46. The molecule has 0 atom stereocenters. The van der Waals surface area contributed by atoms with E-state index in [9.17, 15) is 0 Å². The van der Waals surface area contributed by atoms with Crippen molar-refractivity contribution in [3.05, 3.63) is 0 Å². The van der Waals surface area contributed by atoms with Crippen molar-refractivity contribution in [1.82, 2.24) is 3.54 Å². The molecule has 0 saturated heterocycles. The van der Waals surface area contributed by atoms with Gasteiger partial charge in [-0.3, -0.25) is 0 Å². The van der Waals surface area contributed by atoms with Crippen LogP contribution in [0, 0.1) is 0 Å². The minimum absolute atomic E-state index is 0.265. The molecule has 0 aromatic carbocycles. The van der Waals surface area contributed by atoms with Gasteiger partial charge in [-0.15, -0.1) is 0 Å². The van der Waals surface area contributed by atoms with Crippen LogP contribution in [0.1, 0.15) is 0 Å². The summed E-state index contributed by atoms with van der Waals surface area (Å²) in [4.78, 5) is 0. The molecule has 2 N–H and O–H groups in total. The van der Waals surface area contributed by atoms with Crippen LogP contribution in [0.15, 0.2) is 0 Å². The van der Waals surface area contributed by atoms with Crippen LogP contribution in [0.2, 0.25) is 0 Å². The molecular weight excluding hydrogens is 173 g/mol. The van der Waals surface area contributed by atoms with Crippen LogP contribution in [0.4, 0.5) is 0 Å². The van der Waals surface area contributed by atoms with E-state index >= 15 is 0 Å². The maximum absolute atomic E-state index is 8.02. The first kappa shape index (κ1) is 5.72. The van der Waals surface area contributed by atoms with Gasteiger partial charge in [-0.25, -0.2) is 0 Å². The second-order valence-corrected chi connectivity index (χ2v) is 1.84. The van der Waals surface area contributed by atoms with E-state index in [2.05, 4.69) is 3.54 Å². The fraction of sp³-hybridized carbons (Fsp3) is 1.00. The molecule has 0 heterocycles. The van der Waals surface area contributed by atoms with Gasteiger partial charge in [0, 0.05) is 0 Å². The van der Waals surface area contributed by atoms with Crippen molar-refractivity contribution in [2.75, 3.05) is 13.2 Å². The summed E-state index contributed by atoms with van der Waals surface area (Å²) < 4.78 is 2.90. The summed E-state index contributed by atoms with van der Waals surface area (Å²) in [6, 6.07) is 0. The van der Waals surface area contributed by atoms with Crippen LogP contribution in [-0.2, 0) is 0 Å². The van der Waals surface area contributed by atoms with Crippen molar-refractivity contribution in [3.8, 4) is 0 Å². The predicted molar refractivity (Wildman–Crippen MR) is 22.2 cm³/mol. The summed E-state index contributed by atoms with van der Waals surface area (Å²) in [5, 5.41) is 8.02. The molecule has 2 radical (unpaired) electrons. The maximum atomic E-state index is 8.02. The van der Waals surface area contributed by atoms with E-state index in [1.54, 1.807) is 0 Å². The van der Waals surface area contributed by atoms with E-state index in [1.165, 1.54) is 0 Å². The summed E-state index contributed by atoms with van der Waals surface area (Å²) in [5.74, 6) is 0. The van der Waals surface area contributed by atoms with Crippen LogP contribution >= 0.6 is 0 Å². The molecule has 0 aromatic heterocycles. The predicted octanol–water partition coefficient (Wildman–Crippen LogP) is -1.62. The Morgan fingerprint density at radius 3 is 2.40 bits per heavy atom. The van der Waals surface area contributed by atoms with Crippen LogP contribution in [-0.4, -0.2) is 41.1 Å². The van der Waals surface area contributed by atoms with Crippen molar-refractivity contribution in [2.45, 2.75) is 0 Å². The minimum atomic E-state index is 0.265. The van der Waals surface area contributed by atoms with Crippen LogP contribution in [0.5, 0.6) is 0 Å². The van der Waals surface area contributed by atoms with Crippen molar-refractivity contribution >= 4 is 22.8 Å². The van der Waals surface area contributed by atoms with Gasteiger partial charge in [0.25, 0.3) is 0 Å². The van der Waals surface area contributed by atoms with Gasteiger partial charge in [0.2, 0.25) is 0 Å². The van der Waals surface area contributed by atoms with E-state index < -0.39 is 0 Å². The molecule has 0 bridgehead atoms. The number of aliphatic hydroxyl groups is 1. The molecule has 0 rings (SSSR count). The van der Waals surface area contributed by atoms with Gasteiger partial charge in [-0.2, -0.15) is 0 Å². The first-order chi connectivity index (χ1) is 2.41. The molecule has 0 unspecified atom stereocenters. The molecule has 0 aromatic rings. The summed E-state index contributed by atoms with van der Waals surface area (Å²) in [7, 11) is 0. The molecule has 0 spiro atoms. The van der Waals surface area contributed by atoms with Crippen molar-refractivity contribution in [2.24, 2.45) is 0 Å². The molecule has 30 valence electrons. The third-order valence-corrected chi connectivity index (χ3v) is 1.08. The van der Waals surface area contributed by atoms with Gasteiger partial charge in [0.1, 0.15) is 0 Å². The topological polar surface area (TPSA) is 32.3 Å².